The van der Waals surface area contributed by atoms with E-state index in [0.29, 0.717) is 6.54 Å². The fraction of sp³-hybridized carbons (Fsp3) is 0.333. The van der Waals surface area contributed by atoms with Crippen LogP contribution >= 0.6 is 27.5 Å². The molecule has 0 heterocycles. The van der Waals surface area contributed by atoms with Crippen LogP contribution in [-0.4, -0.2) is 13.2 Å². The van der Waals surface area contributed by atoms with E-state index in [2.05, 4.69) is 21.2 Å². The van der Waals surface area contributed by atoms with Crippen molar-refractivity contribution in [2.45, 2.75) is 33.4 Å². The lowest BCUT2D eigenvalue weighted by Crippen LogP contribution is -2.11. The molecule has 1 N–H and O–H groups in total. The Morgan fingerprint density at radius 3 is 2.57 bits per heavy atom. The van der Waals surface area contributed by atoms with Gasteiger partial charge in [-0.1, -0.05) is 33.6 Å². The summed E-state index contributed by atoms with van der Waals surface area (Å²) in [6.07, 6.45) is 0.0609. The summed E-state index contributed by atoms with van der Waals surface area (Å²) in [5, 5.41) is 4.13. The number of ether oxygens (including phenoxy) is 2. The third-order valence-electron chi connectivity index (χ3n) is 3.38. The average molecular weight is 399 g/mol. The Bertz CT molecular complexity index is 689. The fourth-order valence-corrected chi connectivity index (χ4v) is 2.80. The Morgan fingerprint density at radius 1 is 1.22 bits per heavy atom. The van der Waals surface area contributed by atoms with Gasteiger partial charge in [-0.25, -0.2) is 0 Å². The number of hydrogen-bond acceptors (Lipinski definition) is 3. The highest BCUT2D eigenvalue weighted by atomic mass is 79.9. The molecule has 2 rings (SSSR count). The second-order valence-corrected chi connectivity index (χ2v) is 6.80. The van der Waals surface area contributed by atoms with Crippen LogP contribution in [0, 0.1) is 6.92 Å². The second kappa shape index (κ2) is 7.93. The van der Waals surface area contributed by atoms with Gasteiger partial charge in [0.2, 0.25) is 0 Å². The molecular formula is C18H21BrClNO2. The number of rotatable bonds is 6. The normalized spacial score (nSPS) is 10.7. The molecule has 0 unspecified atom stereocenters. The number of benzene rings is 2. The van der Waals surface area contributed by atoms with E-state index in [1.165, 1.54) is 0 Å². The smallest absolute Gasteiger partial charge is 0.167 e. The van der Waals surface area contributed by atoms with E-state index in [0.717, 1.165) is 37.8 Å². The van der Waals surface area contributed by atoms with E-state index in [1.807, 2.05) is 51.1 Å². The third kappa shape index (κ3) is 4.55. The third-order valence-corrected chi connectivity index (χ3v) is 4.53. The summed E-state index contributed by atoms with van der Waals surface area (Å²) < 4.78 is 12.4. The molecule has 0 saturated heterocycles. The maximum absolute atomic E-state index is 6.18. The fourth-order valence-electron chi connectivity index (χ4n) is 2.17. The minimum Gasteiger partial charge on any atom is -0.493 e. The average Bonchev–Trinajstić information content (AvgIpc) is 2.50. The lowest BCUT2D eigenvalue weighted by atomic mass is 10.1. The number of hydrogen-bond donors (Lipinski definition) is 1. The van der Waals surface area contributed by atoms with Gasteiger partial charge in [0, 0.05) is 27.3 Å². The first-order valence-corrected chi connectivity index (χ1v) is 8.61. The molecule has 0 aliphatic carbocycles. The van der Waals surface area contributed by atoms with Crippen molar-refractivity contribution in [2.75, 3.05) is 12.4 Å². The zero-order valence-electron chi connectivity index (χ0n) is 13.7. The van der Waals surface area contributed by atoms with E-state index in [4.69, 9.17) is 21.1 Å². The van der Waals surface area contributed by atoms with Crippen molar-refractivity contribution < 1.29 is 9.47 Å². The van der Waals surface area contributed by atoms with Crippen LogP contribution in [0.5, 0.6) is 11.5 Å². The molecule has 2 aromatic carbocycles. The molecule has 23 heavy (non-hydrogen) atoms. The zero-order valence-corrected chi connectivity index (χ0v) is 16.1. The van der Waals surface area contributed by atoms with Gasteiger partial charge in [0.1, 0.15) is 0 Å². The second-order valence-electron chi connectivity index (χ2n) is 5.54. The van der Waals surface area contributed by atoms with Crippen molar-refractivity contribution in [3.05, 3.63) is 51.0 Å². The van der Waals surface area contributed by atoms with Crippen LogP contribution in [0.25, 0.3) is 0 Å². The van der Waals surface area contributed by atoms with Crippen LogP contribution in [0.2, 0.25) is 5.02 Å². The van der Waals surface area contributed by atoms with E-state index in [1.54, 1.807) is 7.11 Å². The van der Waals surface area contributed by atoms with Crippen LogP contribution in [-0.2, 0) is 6.54 Å². The molecular weight excluding hydrogens is 378 g/mol. The summed E-state index contributed by atoms with van der Waals surface area (Å²) in [4.78, 5) is 0. The Labute approximate surface area is 151 Å². The number of halogens is 2. The van der Waals surface area contributed by atoms with Crippen LogP contribution in [0.4, 0.5) is 5.69 Å². The lowest BCUT2D eigenvalue weighted by molar-refractivity contribution is 0.227. The maximum Gasteiger partial charge on any atom is 0.167 e. The van der Waals surface area contributed by atoms with Crippen molar-refractivity contribution in [3.8, 4) is 11.5 Å². The maximum atomic E-state index is 6.18. The summed E-state index contributed by atoms with van der Waals surface area (Å²) in [6.45, 7) is 6.58. The summed E-state index contributed by atoms with van der Waals surface area (Å²) in [5.74, 6) is 1.48. The predicted octanol–water partition coefficient (Wildman–Crippen LogP) is 5.82. The SMILES string of the molecule is COc1ccc(Br)c(CNc2ccc(C)c(Cl)c2)c1OC(C)C. The topological polar surface area (TPSA) is 30.5 Å². The summed E-state index contributed by atoms with van der Waals surface area (Å²) in [5.41, 5.74) is 3.03. The minimum atomic E-state index is 0.0609. The van der Waals surface area contributed by atoms with Crippen molar-refractivity contribution in [1.82, 2.24) is 0 Å². The summed E-state index contributed by atoms with van der Waals surface area (Å²) >= 11 is 9.78. The molecule has 5 heteroatoms. The molecule has 2 aromatic rings. The Balaban J connectivity index is 2.28. The molecule has 0 saturated carbocycles. The summed E-state index contributed by atoms with van der Waals surface area (Å²) in [7, 11) is 1.65. The van der Waals surface area contributed by atoms with Crippen molar-refractivity contribution in [2.24, 2.45) is 0 Å². The highest BCUT2D eigenvalue weighted by Gasteiger charge is 2.16. The molecule has 0 atom stereocenters. The molecule has 0 aliphatic rings. The standard InChI is InChI=1S/C18H21BrClNO2/c1-11(2)23-18-14(15(19)7-8-17(18)22-4)10-21-13-6-5-12(3)16(20)9-13/h5-9,11,21H,10H2,1-4H3. The van der Waals surface area contributed by atoms with Crippen molar-refractivity contribution in [3.63, 3.8) is 0 Å². The zero-order chi connectivity index (χ0) is 17.0. The first-order valence-electron chi connectivity index (χ1n) is 7.44. The molecule has 0 radical (unpaired) electrons. The predicted molar refractivity (Wildman–Crippen MR) is 100.0 cm³/mol. The molecule has 0 aliphatic heterocycles. The lowest BCUT2D eigenvalue weighted by Gasteiger charge is -2.19. The van der Waals surface area contributed by atoms with Gasteiger partial charge in [-0.3, -0.25) is 0 Å². The Hall–Kier alpha value is -1.39. The highest BCUT2D eigenvalue weighted by molar-refractivity contribution is 9.10. The van der Waals surface area contributed by atoms with Crippen LogP contribution in [0.3, 0.4) is 0 Å². The van der Waals surface area contributed by atoms with Gasteiger partial charge >= 0.3 is 0 Å². The van der Waals surface area contributed by atoms with E-state index < -0.39 is 0 Å². The van der Waals surface area contributed by atoms with Gasteiger partial charge < -0.3 is 14.8 Å². The molecule has 0 spiro atoms. The highest BCUT2D eigenvalue weighted by Crippen LogP contribution is 2.37. The molecule has 124 valence electrons. The number of anilines is 1. The first-order chi connectivity index (χ1) is 10.9. The molecule has 0 fully saturated rings. The Kier molecular flexibility index (Phi) is 6.19. The van der Waals surface area contributed by atoms with Gasteiger partial charge in [0.05, 0.1) is 13.2 Å². The monoisotopic (exact) mass is 397 g/mol. The van der Waals surface area contributed by atoms with Gasteiger partial charge in [-0.2, -0.15) is 0 Å². The van der Waals surface area contributed by atoms with Gasteiger partial charge in [0.15, 0.2) is 11.5 Å². The Morgan fingerprint density at radius 2 is 1.96 bits per heavy atom. The summed E-state index contributed by atoms with van der Waals surface area (Å²) in [6, 6.07) is 9.79. The largest absolute Gasteiger partial charge is 0.493 e. The minimum absolute atomic E-state index is 0.0609. The van der Waals surface area contributed by atoms with Crippen LogP contribution in [0.15, 0.2) is 34.8 Å². The van der Waals surface area contributed by atoms with E-state index in [-0.39, 0.29) is 6.10 Å². The molecule has 0 bridgehead atoms. The first kappa shape index (κ1) is 18.0. The van der Waals surface area contributed by atoms with Crippen molar-refractivity contribution >= 4 is 33.2 Å². The van der Waals surface area contributed by atoms with E-state index in [9.17, 15) is 0 Å². The molecule has 0 aromatic heterocycles. The van der Waals surface area contributed by atoms with Gasteiger partial charge in [-0.05, 0) is 50.6 Å². The number of nitrogens with one attached hydrogen (secondary N) is 1. The van der Waals surface area contributed by atoms with Gasteiger partial charge in [0.25, 0.3) is 0 Å². The van der Waals surface area contributed by atoms with Gasteiger partial charge in [-0.15, -0.1) is 0 Å². The molecule has 3 nitrogen and oxygen atoms in total. The quantitative estimate of drug-likeness (QED) is 0.665. The van der Waals surface area contributed by atoms with Crippen molar-refractivity contribution in [1.29, 1.82) is 0 Å². The number of methoxy groups -OCH3 is 1. The number of aryl methyl sites for hydroxylation is 1. The van der Waals surface area contributed by atoms with Crippen LogP contribution < -0.4 is 14.8 Å². The molecule has 0 amide bonds. The van der Waals surface area contributed by atoms with E-state index >= 15 is 0 Å². The van der Waals surface area contributed by atoms with Crippen LogP contribution in [0.1, 0.15) is 25.0 Å².